The van der Waals surface area contributed by atoms with Crippen LogP contribution in [0.4, 0.5) is 11.7 Å². The van der Waals surface area contributed by atoms with Crippen LogP contribution in [-0.2, 0) is 0 Å². The Balaban J connectivity index is 2.08. The van der Waals surface area contributed by atoms with Crippen LogP contribution in [0.25, 0.3) is 11.1 Å². The van der Waals surface area contributed by atoms with Gasteiger partial charge in [-0.2, -0.15) is 16.7 Å². The molecule has 2 rings (SSSR count). The molecule has 0 aliphatic heterocycles. The molecule has 2 aromatic rings. The number of nitrogens with zero attached hydrogens (tertiary/aromatic N) is 1. The maximum Gasteiger partial charge on any atom is 0.295 e. The maximum atomic E-state index is 5.69. The van der Waals surface area contributed by atoms with Gasteiger partial charge in [0.2, 0.25) is 0 Å². The number of fused-ring (bicyclic) bond motifs is 1. The first-order valence-corrected chi connectivity index (χ1v) is 6.85. The van der Waals surface area contributed by atoms with Crippen LogP contribution in [0.2, 0.25) is 0 Å². The number of aromatic nitrogens is 1. The van der Waals surface area contributed by atoms with Gasteiger partial charge in [-0.05, 0) is 24.8 Å². The summed E-state index contributed by atoms with van der Waals surface area (Å²) in [5.41, 5.74) is 7.93. The lowest BCUT2D eigenvalue weighted by Gasteiger charge is -2.10. The molecule has 0 bridgehead atoms. The minimum Gasteiger partial charge on any atom is -0.423 e. The Morgan fingerprint density at radius 2 is 2.35 bits per heavy atom. The Labute approximate surface area is 105 Å². The summed E-state index contributed by atoms with van der Waals surface area (Å²) in [4.78, 5) is 4.36. The first-order chi connectivity index (χ1) is 8.19. The van der Waals surface area contributed by atoms with Gasteiger partial charge in [-0.3, -0.25) is 0 Å². The molecule has 0 amide bonds. The van der Waals surface area contributed by atoms with Crippen LogP contribution in [-0.4, -0.2) is 22.5 Å². The number of anilines is 2. The van der Waals surface area contributed by atoms with Crippen LogP contribution >= 0.6 is 11.8 Å². The van der Waals surface area contributed by atoms with E-state index < -0.39 is 0 Å². The number of nitrogens with two attached hydrogens (primary N) is 1. The zero-order valence-corrected chi connectivity index (χ0v) is 10.9. The van der Waals surface area contributed by atoms with Gasteiger partial charge in [-0.15, -0.1) is 0 Å². The van der Waals surface area contributed by atoms with E-state index in [0.717, 1.165) is 22.6 Å². The largest absolute Gasteiger partial charge is 0.423 e. The standard InChI is InChI=1S/C12H17N3OS/c1-3-17-7-8(2)14-12-15-10-5-4-9(13)6-11(10)16-12/h4-6,8H,3,7,13H2,1-2H3,(H,14,15). The Hall–Kier alpha value is -1.36. The number of hydrogen-bond acceptors (Lipinski definition) is 5. The molecule has 4 nitrogen and oxygen atoms in total. The summed E-state index contributed by atoms with van der Waals surface area (Å²) >= 11 is 1.89. The van der Waals surface area contributed by atoms with Crippen LogP contribution in [0.1, 0.15) is 13.8 Å². The van der Waals surface area contributed by atoms with Gasteiger partial charge in [0.15, 0.2) is 5.58 Å². The van der Waals surface area contributed by atoms with Crippen molar-refractivity contribution in [2.24, 2.45) is 0 Å². The van der Waals surface area contributed by atoms with Crippen molar-refractivity contribution in [3.05, 3.63) is 18.2 Å². The molecule has 0 radical (unpaired) electrons. The monoisotopic (exact) mass is 251 g/mol. The number of rotatable bonds is 5. The second-order valence-electron chi connectivity index (χ2n) is 3.95. The van der Waals surface area contributed by atoms with Crippen molar-refractivity contribution in [3.8, 4) is 0 Å². The molecule has 0 saturated carbocycles. The second-order valence-corrected chi connectivity index (χ2v) is 5.27. The Bertz CT molecular complexity index is 497. The third-order valence-electron chi connectivity index (χ3n) is 2.35. The molecule has 0 saturated heterocycles. The molecule has 1 heterocycles. The van der Waals surface area contributed by atoms with Gasteiger partial charge in [0.1, 0.15) is 5.52 Å². The highest BCUT2D eigenvalue weighted by molar-refractivity contribution is 7.99. The minimum absolute atomic E-state index is 0.338. The van der Waals surface area contributed by atoms with Crippen molar-refractivity contribution < 1.29 is 4.42 Å². The number of oxazole rings is 1. The SMILES string of the molecule is CCSCC(C)Nc1nc2ccc(N)cc2o1. The quantitative estimate of drug-likeness (QED) is 0.800. The molecule has 0 aliphatic carbocycles. The van der Waals surface area contributed by atoms with Crippen molar-refractivity contribution in [2.45, 2.75) is 19.9 Å². The number of nitrogen functional groups attached to an aromatic ring is 1. The van der Waals surface area contributed by atoms with E-state index in [-0.39, 0.29) is 0 Å². The summed E-state index contributed by atoms with van der Waals surface area (Å²) in [6.07, 6.45) is 0. The summed E-state index contributed by atoms with van der Waals surface area (Å²) in [6.45, 7) is 4.27. The van der Waals surface area contributed by atoms with E-state index in [4.69, 9.17) is 10.2 Å². The average molecular weight is 251 g/mol. The van der Waals surface area contributed by atoms with Crippen LogP contribution < -0.4 is 11.1 Å². The van der Waals surface area contributed by atoms with Crippen molar-refractivity contribution in [2.75, 3.05) is 22.6 Å². The van der Waals surface area contributed by atoms with Gasteiger partial charge in [0.05, 0.1) is 0 Å². The summed E-state index contributed by atoms with van der Waals surface area (Å²) in [5, 5.41) is 3.25. The zero-order chi connectivity index (χ0) is 12.3. The fraction of sp³-hybridized carbons (Fsp3) is 0.417. The predicted molar refractivity (Wildman–Crippen MR) is 74.5 cm³/mol. The molecule has 1 aromatic heterocycles. The fourth-order valence-corrected chi connectivity index (χ4v) is 2.22. The van der Waals surface area contributed by atoms with Gasteiger partial charge < -0.3 is 15.5 Å². The smallest absolute Gasteiger partial charge is 0.295 e. The van der Waals surface area contributed by atoms with E-state index >= 15 is 0 Å². The number of nitrogens with one attached hydrogen (secondary N) is 1. The maximum absolute atomic E-state index is 5.69. The molecular formula is C12H17N3OS. The van der Waals surface area contributed by atoms with Gasteiger partial charge >= 0.3 is 0 Å². The van der Waals surface area contributed by atoms with E-state index in [0.29, 0.717) is 17.7 Å². The lowest BCUT2D eigenvalue weighted by Crippen LogP contribution is -2.18. The summed E-state index contributed by atoms with van der Waals surface area (Å²) in [6, 6.07) is 6.38. The van der Waals surface area contributed by atoms with Crippen molar-refractivity contribution >= 4 is 34.6 Å². The lowest BCUT2D eigenvalue weighted by atomic mass is 10.3. The third kappa shape index (κ3) is 3.06. The zero-order valence-electron chi connectivity index (χ0n) is 10.1. The highest BCUT2D eigenvalue weighted by Gasteiger charge is 2.08. The number of thioether (sulfide) groups is 1. The Morgan fingerprint density at radius 1 is 1.53 bits per heavy atom. The second kappa shape index (κ2) is 5.31. The van der Waals surface area contributed by atoms with E-state index in [9.17, 15) is 0 Å². The lowest BCUT2D eigenvalue weighted by molar-refractivity contribution is 0.607. The summed E-state index contributed by atoms with van der Waals surface area (Å²) < 4.78 is 5.59. The predicted octanol–water partition coefficient (Wildman–Crippen LogP) is 2.96. The van der Waals surface area contributed by atoms with Crippen LogP contribution in [0.5, 0.6) is 0 Å². The molecule has 3 N–H and O–H groups in total. The molecule has 1 atom stereocenters. The highest BCUT2D eigenvalue weighted by atomic mass is 32.2. The molecule has 0 fully saturated rings. The Morgan fingerprint density at radius 3 is 3.12 bits per heavy atom. The minimum atomic E-state index is 0.338. The first kappa shape index (κ1) is 12.1. The molecule has 5 heteroatoms. The molecule has 0 spiro atoms. The van der Waals surface area contributed by atoms with Gasteiger partial charge in [0.25, 0.3) is 6.01 Å². The molecule has 0 aliphatic rings. The summed E-state index contributed by atoms with van der Waals surface area (Å²) in [7, 11) is 0. The molecule has 1 aromatic carbocycles. The Kier molecular flexibility index (Phi) is 3.78. The third-order valence-corrected chi connectivity index (χ3v) is 3.50. The fourth-order valence-electron chi connectivity index (χ4n) is 1.55. The van der Waals surface area contributed by atoms with E-state index in [2.05, 4.69) is 24.1 Å². The van der Waals surface area contributed by atoms with E-state index in [1.54, 1.807) is 6.07 Å². The molecule has 1 unspecified atom stereocenters. The van der Waals surface area contributed by atoms with Gasteiger partial charge in [-0.25, -0.2) is 0 Å². The van der Waals surface area contributed by atoms with Gasteiger partial charge in [-0.1, -0.05) is 6.92 Å². The van der Waals surface area contributed by atoms with Gasteiger partial charge in [0, 0.05) is 23.5 Å². The molecule has 17 heavy (non-hydrogen) atoms. The number of hydrogen-bond donors (Lipinski definition) is 2. The summed E-state index contributed by atoms with van der Waals surface area (Å²) in [5.74, 6) is 2.16. The van der Waals surface area contributed by atoms with Crippen molar-refractivity contribution in [1.82, 2.24) is 4.98 Å². The number of benzene rings is 1. The van der Waals surface area contributed by atoms with Crippen LogP contribution in [0.15, 0.2) is 22.6 Å². The van der Waals surface area contributed by atoms with Crippen molar-refractivity contribution in [1.29, 1.82) is 0 Å². The molecule has 92 valence electrons. The highest BCUT2D eigenvalue weighted by Crippen LogP contribution is 2.21. The van der Waals surface area contributed by atoms with E-state index in [1.807, 2.05) is 23.9 Å². The van der Waals surface area contributed by atoms with Crippen LogP contribution in [0.3, 0.4) is 0 Å². The normalized spacial score (nSPS) is 12.8. The topological polar surface area (TPSA) is 64.1 Å². The molecular weight excluding hydrogens is 234 g/mol. The first-order valence-electron chi connectivity index (χ1n) is 5.69. The van der Waals surface area contributed by atoms with E-state index in [1.165, 1.54) is 0 Å². The van der Waals surface area contributed by atoms with Crippen LogP contribution in [0, 0.1) is 0 Å². The van der Waals surface area contributed by atoms with Crippen molar-refractivity contribution in [3.63, 3.8) is 0 Å². The average Bonchev–Trinajstić information content (AvgIpc) is 2.67.